The van der Waals surface area contributed by atoms with Crippen molar-refractivity contribution >= 4 is 32.3 Å². The summed E-state index contributed by atoms with van der Waals surface area (Å²) in [5, 5.41) is 8.12. The Balaban J connectivity index is 2.40. The van der Waals surface area contributed by atoms with Gasteiger partial charge in [0.25, 0.3) is 0 Å². The number of benzene rings is 4. The molecule has 0 spiro atoms. The Labute approximate surface area is 105 Å². The molecule has 0 heterocycles. The zero-order chi connectivity index (χ0) is 12.1. The maximum Gasteiger partial charge on any atom is 0.100 e. The summed E-state index contributed by atoms with van der Waals surface area (Å²) in [6.07, 6.45) is 0. The summed E-state index contributed by atoms with van der Waals surface area (Å²) < 4.78 is 0. The summed E-state index contributed by atoms with van der Waals surface area (Å²) in [5.41, 5.74) is 5.37. The van der Waals surface area contributed by atoms with E-state index in [1.54, 1.807) is 0 Å². The van der Waals surface area contributed by atoms with E-state index in [0.717, 1.165) is 6.54 Å². The maximum atomic E-state index is 4.04. The maximum absolute atomic E-state index is 4.04. The minimum Gasteiger partial charge on any atom is -0.354 e. The molecule has 1 heteroatoms. The molecule has 0 atom stereocenters. The van der Waals surface area contributed by atoms with Gasteiger partial charge in [0.1, 0.15) is 6.54 Å². The van der Waals surface area contributed by atoms with E-state index in [4.69, 9.17) is 0 Å². The van der Waals surface area contributed by atoms with E-state index in [0.29, 0.717) is 0 Å². The van der Waals surface area contributed by atoms with Crippen LogP contribution in [-0.2, 0) is 6.54 Å². The van der Waals surface area contributed by atoms with E-state index >= 15 is 0 Å². The van der Waals surface area contributed by atoms with Crippen LogP contribution in [0.2, 0.25) is 0 Å². The summed E-state index contributed by atoms with van der Waals surface area (Å²) in [6.45, 7) is 0.841. The van der Waals surface area contributed by atoms with Gasteiger partial charge in [-0.2, -0.15) is 0 Å². The predicted molar refractivity (Wildman–Crippen MR) is 76.7 cm³/mol. The molecule has 0 unspecified atom stereocenters. The molecule has 18 heavy (non-hydrogen) atoms. The zero-order valence-corrected chi connectivity index (χ0v) is 10.1. The quantitative estimate of drug-likeness (QED) is 0.488. The van der Waals surface area contributed by atoms with Crippen LogP contribution in [0.4, 0.5) is 0 Å². The van der Waals surface area contributed by atoms with Gasteiger partial charge in [-0.05, 0) is 32.3 Å². The fourth-order valence-corrected chi connectivity index (χ4v) is 3.01. The average Bonchev–Trinajstić information content (AvgIpc) is 2.44. The van der Waals surface area contributed by atoms with E-state index in [1.807, 2.05) is 0 Å². The molecule has 0 radical (unpaired) electrons. The highest BCUT2D eigenvalue weighted by Gasteiger charge is 2.09. The third-order valence-electron chi connectivity index (χ3n) is 3.89. The molecular weight excluding hydrogens is 218 g/mol. The van der Waals surface area contributed by atoms with E-state index in [-0.39, 0.29) is 0 Å². The van der Waals surface area contributed by atoms with Crippen molar-refractivity contribution in [3.8, 4) is 0 Å². The van der Waals surface area contributed by atoms with Crippen molar-refractivity contribution in [3.05, 3.63) is 60.2 Å². The smallest absolute Gasteiger partial charge is 0.100 e. The topological polar surface area (TPSA) is 27.6 Å². The lowest BCUT2D eigenvalue weighted by atomic mass is 9.92. The average molecular weight is 232 g/mol. The second kappa shape index (κ2) is 3.44. The third-order valence-corrected chi connectivity index (χ3v) is 3.89. The van der Waals surface area contributed by atoms with Gasteiger partial charge in [0.2, 0.25) is 0 Å². The fraction of sp³-hybridized carbons (Fsp3) is 0.0588. The zero-order valence-electron chi connectivity index (χ0n) is 10.1. The Hall–Kier alpha value is -2.12. The second-order valence-electron chi connectivity index (χ2n) is 4.83. The molecule has 0 bridgehead atoms. The van der Waals surface area contributed by atoms with Crippen LogP contribution in [0.5, 0.6) is 0 Å². The molecule has 4 rings (SSSR count). The summed E-state index contributed by atoms with van der Waals surface area (Å²) in [7, 11) is 0. The van der Waals surface area contributed by atoms with E-state index < -0.39 is 0 Å². The van der Waals surface area contributed by atoms with Crippen molar-refractivity contribution in [1.29, 1.82) is 0 Å². The first-order chi connectivity index (χ1) is 8.88. The first kappa shape index (κ1) is 9.86. The first-order valence-corrected chi connectivity index (χ1v) is 6.33. The molecular formula is C17H14N+. The van der Waals surface area contributed by atoms with Gasteiger partial charge < -0.3 is 5.73 Å². The van der Waals surface area contributed by atoms with E-state index in [1.165, 1.54) is 37.9 Å². The van der Waals surface area contributed by atoms with Crippen LogP contribution in [0.15, 0.2) is 54.6 Å². The van der Waals surface area contributed by atoms with Crippen molar-refractivity contribution < 1.29 is 5.73 Å². The van der Waals surface area contributed by atoms with Gasteiger partial charge in [0.15, 0.2) is 0 Å². The van der Waals surface area contributed by atoms with Gasteiger partial charge in [-0.25, -0.2) is 0 Å². The highest BCUT2D eigenvalue weighted by atomic mass is 14.5. The molecule has 4 aromatic rings. The van der Waals surface area contributed by atoms with Crippen molar-refractivity contribution in [2.75, 3.05) is 0 Å². The molecule has 3 N–H and O–H groups in total. The van der Waals surface area contributed by atoms with Crippen molar-refractivity contribution in [3.63, 3.8) is 0 Å². The van der Waals surface area contributed by atoms with Crippen LogP contribution in [-0.4, -0.2) is 0 Å². The normalized spacial score (nSPS) is 11.8. The minimum atomic E-state index is 0.841. The van der Waals surface area contributed by atoms with Gasteiger partial charge in [-0.15, -0.1) is 0 Å². The molecule has 0 aromatic heterocycles. The summed E-state index contributed by atoms with van der Waals surface area (Å²) >= 11 is 0. The minimum absolute atomic E-state index is 0.841. The largest absolute Gasteiger partial charge is 0.354 e. The van der Waals surface area contributed by atoms with Crippen LogP contribution in [0, 0.1) is 0 Å². The predicted octanol–water partition coefficient (Wildman–Crippen LogP) is 3.33. The first-order valence-electron chi connectivity index (χ1n) is 6.33. The molecule has 0 saturated heterocycles. The summed E-state index contributed by atoms with van der Waals surface area (Å²) in [6, 6.07) is 19.8. The molecule has 4 aromatic carbocycles. The van der Waals surface area contributed by atoms with Crippen LogP contribution >= 0.6 is 0 Å². The number of quaternary nitrogens is 1. The van der Waals surface area contributed by atoms with Crippen LogP contribution in [0.25, 0.3) is 32.3 Å². The van der Waals surface area contributed by atoms with Gasteiger partial charge in [0.05, 0.1) is 0 Å². The van der Waals surface area contributed by atoms with Crippen molar-refractivity contribution in [2.45, 2.75) is 6.54 Å². The lowest BCUT2D eigenvalue weighted by Crippen LogP contribution is -2.47. The Bertz CT molecular complexity index is 845. The van der Waals surface area contributed by atoms with E-state index in [9.17, 15) is 0 Å². The molecule has 0 aliphatic carbocycles. The lowest BCUT2D eigenvalue weighted by molar-refractivity contribution is -0.386. The molecule has 1 nitrogen and oxygen atoms in total. The number of hydrogen-bond donors (Lipinski definition) is 1. The lowest BCUT2D eigenvalue weighted by Gasteiger charge is -2.12. The summed E-state index contributed by atoms with van der Waals surface area (Å²) in [5.74, 6) is 0. The Morgan fingerprint density at radius 3 is 2.00 bits per heavy atom. The highest BCUT2D eigenvalue weighted by Crippen LogP contribution is 2.35. The van der Waals surface area contributed by atoms with Crippen LogP contribution in [0.3, 0.4) is 0 Å². The third kappa shape index (κ3) is 1.14. The fourth-order valence-electron chi connectivity index (χ4n) is 3.01. The Morgan fingerprint density at radius 1 is 0.667 bits per heavy atom. The number of hydrogen-bond acceptors (Lipinski definition) is 0. The monoisotopic (exact) mass is 232 g/mol. The molecule has 86 valence electrons. The molecule has 0 fully saturated rings. The molecule has 0 aliphatic rings. The van der Waals surface area contributed by atoms with Crippen molar-refractivity contribution in [1.82, 2.24) is 0 Å². The van der Waals surface area contributed by atoms with Gasteiger partial charge >= 0.3 is 0 Å². The Morgan fingerprint density at radius 2 is 1.28 bits per heavy atom. The van der Waals surface area contributed by atoms with Gasteiger partial charge in [-0.3, -0.25) is 0 Å². The van der Waals surface area contributed by atoms with Crippen LogP contribution in [0.1, 0.15) is 5.56 Å². The van der Waals surface area contributed by atoms with Gasteiger partial charge in [0, 0.05) is 5.56 Å². The molecule has 0 amide bonds. The molecule has 0 aliphatic heterocycles. The van der Waals surface area contributed by atoms with Gasteiger partial charge in [-0.1, -0.05) is 54.6 Å². The SMILES string of the molecule is [NH3+]Cc1ccc2ccc3cccc4ccc1c2c34. The van der Waals surface area contributed by atoms with Crippen LogP contribution < -0.4 is 5.73 Å². The van der Waals surface area contributed by atoms with E-state index in [2.05, 4.69) is 60.3 Å². The van der Waals surface area contributed by atoms with Crippen molar-refractivity contribution in [2.24, 2.45) is 0 Å². The Kier molecular flexibility index (Phi) is 1.88. The standard InChI is InChI=1S/C17H13N/c18-10-14-7-6-13-5-4-11-2-1-3-12-8-9-15(14)17(13)16(11)12/h1-9H,10,18H2/p+1. The second-order valence-corrected chi connectivity index (χ2v) is 4.83. The molecule has 0 saturated carbocycles. The summed E-state index contributed by atoms with van der Waals surface area (Å²) in [4.78, 5) is 0. The highest BCUT2D eigenvalue weighted by molar-refractivity contribution is 6.23. The number of rotatable bonds is 1.